The summed E-state index contributed by atoms with van der Waals surface area (Å²) in [6.45, 7) is -0.118. The van der Waals surface area contributed by atoms with Gasteiger partial charge in [-0.3, -0.25) is 0 Å². The molecule has 1 aliphatic carbocycles. The summed E-state index contributed by atoms with van der Waals surface area (Å²) in [6.07, 6.45) is 3.84. The molecule has 0 saturated heterocycles. The average Bonchev–Trinajstić information content (AvgIpc) is 2.05. The molecule has 1 atom stereocenters. The van der Waals surface area contributed by atoms with E-state index < -0.39 is 11.6 Å². The van der Waals surface area contributed by atoms with Crippen LogP contribution < -0.4 is 5.73 Å². The number of nitrogens with two attached hydrogens (primary N) is 1. The van der Waals surface area contributed by atoms with E-state index in [9.17, 15) is 9.18 Å². The highest BCUT2D eigenvalue weighted by Crippen LogP contribution is 2.23. The van der Waals surface area contributed by atoms with Gasteiger partial charge in [-0.25, -0.2) is 9.18 Å². The van der Waals surface area contributed by atoms with Gasteiger partial charge < -0.3 is 10.8 Å². The minimum absolute atomic E-state index is 0.0433. The van der Waals surface area contributed by atoms with E-state index >= 15 is 0 Å². The van der Waals surface area contributed by atoms with Crippen molar-refractivity contribution in [3.05, 3.63) is 23.8 Å². The van der Waals surface area contributed by atoms with Crippen molar-refractivity contribution in [1.82, 2.24) is 0 Å². The highest BCUT2D eigenvalue weighted by molar-refractivity contribution is 5.90. The smallest absolute Gasteiger partial charge is 0.335 e. The van der Waals surface area contributed by atoms with E-state index in [2.05, 4.69) is 0 Å². The van der Waals surface area contributed by atoms with Crippen molar-refractivity contribution in [2.24, 2.45) is 5.73 Å². The molecule has 66 valence electrons. The highest BCUT2D eigenvalue weighted by atomic mass is 19.1. The molecule has 0 aliphatic heterocycles. The summed E-state index contributed by atoms with van der Waals surface area (Å²) in [6, 6.07) is 0. The number of carbonyl (C=O) groups is 1. The molecule has 12 heavy (non-hydrogen) atoms. The second kappa shape index (κ2) is 3.06. The Morgan fingerprint density at radius 3 is 2.83 bits per heavy atom. The molecule has 3 N–H and O–H groups in total. The van der Waals surface area contributed by atoms with Gasteiger partial charge in [0, 0.05) is 13.0 Å². The lowest BCUT2D eigenvalue weighted by Crippen LogP contribution is -2.31. The van der Waals surface area contributed by atoms with E-state index in [1.54, 1.807) is 0 Å². The van der Waals surface area contributed by atoms with Gasteiger partial charge in [0.1, 0.15) is 5.67 Å². The van der Waals surface area contributed by atoms with Crippen LogP contribution >= 0.6 is 0 Å². The molecule has 1 aliphatic rings. The Bertz CT molecular complexity index is 260. The molecule has 0 aromatic heterocycles. The lowest BCUT2D eigenvalue weighted by molar-refractivity contribution is -0.132. The Morgan fingerprint density at radius 1 is 1.83 bits per heavy atom. The van der Waals surface area contributed by atoms with Crippen molar-refractivity contribution < 1.29 is 14.3 Å². The topological polar surface area (TPSA) is 63.3 Å². The fraction of sp³-hybridized carbons (Fsp3) is 0.375. The van der Waals surface area contributed by atoms with Crippen LogP contribution in [0.25, 0.3) is 0 Å². The third kappa shape index (κ3) is 1.71. The van der Waals surface area contributed by atoms with E-state index in [1.165, 1.54) is 18.2 Å². The fourth-order valence-electron chi connectivity index (χ4n) is 0.965. The first kappa shape index (κ1) is 8.93. The van der Waals surface area contributed by atoms with E-state index in [1.807, 2.05) is 0 Å². The Kier molecular flexibility index (Phi) is 2.28. The largest absolute Gasteiger partial charge is 0.478 e. The van der Waals surface area contributed by atoms with E-state index in [-0.39, 0.29) is 18.5 Å². The van der Waals surface area contributed by atoms with Crippen LogP contribution in [-0.4, -0.2) is 23.3 Å². The Balaban J connectivity index is 2.74. The number of aliphatic carboxylic acids is 1. The molecule has 4 heteroatoms. The van der Waals surface area contributed by atoms with Gasteiger partial charge in [-0.15, -0.1) is 0 Å². The lowest BCUT2D eigenvalue weighted by Gasteiger charge is -2.20. The minimum atomic E-state index is -1.56. The molecule has 0 aromatic rings. The van der Waals surface area contributed by atoms with Crippen LogP contribution in [0.5, 0.6) is 0 Å². The van der Waals surface area contributed by atoms with Gasteiger partial charge in [-0.2, -0.15) is 0 Å². The molecular formula is C8H10FNO2. The molecule has 1 rings (SSSR count). The van der Waals surface area contributed by atoms with Crippen molar-refractivity contribution in [2.45, 2.75) is 12.1 Å². The normalized spacial score (nSPS) is 28.3. The maximum Gasteiger partial charge on any atom is 0.335 e. The first-order valence-corrected chi connectivity index (χ1v) is 3.59. The molecule has 0 amide bonds. The SMILES string of the molecule is NCC1(F)C=CC(C(=O)O)=CC1. The predicted octanol–water partition coefficient (Wildman–Crippen LogP) is 0.624. The van der Waals surface area contributed by atoms with Crippen LogP contribution in [0.3, 0.4) is 0 Å². The van der Waals surface area contributed by atoms with Crippen molar-refractivity contribution in [1.29, 1.82) is 0 Å². The number of carboxylic acids is 1. The van der Waals surface area contributed by atoms with Gasteiger partial charge in [0.05, 0.1) is 5.57 Å². The monoisotopic (exact) mass is 171 g/mol. The molecule has 0 saturated carbocycles. The number of hydrogen-bond donors (Lipinski definition) is 2. The number of hydrogen-bond acceptors (Lipinski definition) is 2. The quantitative estimate of drug-likeness (QED) is 0.640. The average molecular weight is 171 g/mol. The van der Waals surface area contributed by atoms with Crippen LogP contribution in [0.4, 0.5) is 4.39 Å². The zero-order chi connectivity index (χ0) is 9.19. The summed E-state index contributed by atoms with van der Waals surface area (Å²) in [7, 11) is 0. The molecule has 0 spiro atoms. The maximum atomic E-state index is 13.3. The van der Waals surface area contributed by atoms with E-state index in [0.717, 1.165) is 0 Å². The maximum absolute atomic E-state index is 13.3. The van der Waals surface area contributed by atoms with Crippen LogP contribution in [0.15, 0.2) is 23.8 Å². The van der Waals surface area contributed by atoms with Gasteiger partial charge in [-0.05, 0) is 12.2 Å². The number of carboxylic acid groups (broad SMARTS) is 1. The van der Waals surface area contributed by atoms with Crippen LogP contribution in [0.1, 0.15) is 6.42 Å². The van der Waals surface area contributed by atoms with Gasteiger partial charge in [-0.1, -0.05) is 6.08 Å². The summed E-state index contributed by atoms with van der Waals surface area (Å²) in [4.78, 5) is 10.4. The zero-order valence-corrected chi connectivity index (χ0v) is 6.46. The van der Waals surface area contributed by atoms with Gasteiger partial charge in [0.2, 0.25) is 0 Å². The molecule has 0 radical (unpaired) electrons. The first-order chi connectivity index (χ1) is 5.57. The van der Waals surface area contributed by atoms with Gasteiger partial charge >= 0.3 is 5.97 Å². The molecule has 3 nitrogen and oxygen atoms in total. The van der Waals surface area contributed by atoms with Crippen molar-refractivity contribution >= 4 is 5.97 Å². The standard InChI is InChI=1S/C8H10FNO2/c9-8(5-10)3-1-6(2-4-8)7(11)12/h1-3H,4-5,10H2,(H,11,12). The molecule has 0 heterocycles. The molecule has 0 bridgehead atoms. The number of alkyl halides is 1. The predicted molar refractivity (Wildman–Crippen MR) is 42.4 cm³/mol. The van der Waals surface area contributed by atoms with Gasteiger partial charge in [0.15, 0.2) is 0 Å². The number of rotatable bonds is 2. The van der Waals surface area contributed by atoms with E-state index in [0.29, 0.717) is 0 Å². The van der Waals surface area contributed by atoms with Crippen molar-refractivity contribution in [3.63, 3.8) is 0 Å². The van der Waals surface area contributed by atoms with Crippen molar-refractivity contribution in [2.75, 3.05) is 6.54 Å². The summed E-state index contributed by atoms with van der Waals surface area (Å²) < 4.78 is 13.3. The van der Waals surface area contributed by atoms with Crippen molar-refractivity contribution in [3.8, 4) is 0 Å². The third-order valence-corrected chi connectivity index (χ3v) is 1.81. The third-order valence-electron chi connectivity index (χ3n) is 1.81. The molecule has 0 fully saturated rings. The summed E-state index contributed by atoms with van der Waals surface area (Å²) in [5.41, 5.74) is 3.72. The van der Waals surface area contributed by atoms with Gasteiger partial charge in [0.25, 0.3) is 0 Å². The molecule has 0 aromatic carbocycles. The van der Waals surface area contributed by atoms with E-state index in [4.69, 9.17) is 10.8 Å². The lowest BCUT2D eigenvalue weighted by atomic mass is 9.94. The molecular weight excluding hydrogens is 161 g/mol. The Morgan fingerprint density at radius 2 is 2.50 bits per heavy atom. The van der Waals surface area contributed by atoms with Crippen LogP contribution in [0.2, 0.25) is 0 Å². The molecule has 1 unspecified atom stereocenters. The fourth-order valence-corrected chi connectivity index (χ4v) is 0.965. The minimum Gasteiger partial charge on any atom is -0.478 e. The summed E-state index contributed by atoms with van der Waals surface area (Å²) in [5.74, 6) is -1.04. The van der Waals surface area contributed by atoms with Crippen LogP contribution in [-0.2, 0) is 4.79 Å². The second-order valence-corrected chi connectivity index (χ2v) is 2.74. The highest BCUT2D eigenvalue weighted by Gasteiger charge is 2.26. The Hall–Kier alpha value is -1.16. The summed E-state index contributed by atoms with van der Waals surface area (Å²) >= 11 is 0. The first-order valence-electron chi connectivity index (χ1n) is 3.59. The Labute approximate surface area is 69.4 Å². The number of allylic oxidation sites excluding steroid dienone is 1. The second-order valence-electron chi connectivity index (χ2n) is 2.74. The zero-order valence-electron chi connectivity index (χ0n) is 6.46. The summed E-state index contributed by atoms with van der Waals surface area (Å²) in [5, 5.41) is 8.51. The van der Waals surface area contributed by atoms with Crippen LogP contribution in [0, 0.1) is 0 Å². The number of halogens is 1.